The molecule has 0 bridgehead atoms. The molecule has 0 atom stereocenters. The van der Waals surface area contributed by atoms with Gasteiger partial charge in [-0.3, -0.25) is 14.6 Å². The Bertz CT molecular complexity index is 932. The van der Waals surface area contributed by atoms with Crippen molar-refractivity contribution in [2.24, 2.45) is 0 Å². The molecule has 0 aliphatic carbocycles. The SMILES string of the molecule is O=C(NCc1cccnc1)c1cccc(C(=O)Nc2cccc(F)c2)n1. The van der Waals surface area contributed by atoms with Gasteiger partial charge in [0, 0.05) is 24.6 Å². The van der Waals surface area contributed by atoms with Gasteiger partial charge in [0.25, 0.3) is 11.8 Å². The third kappa shape index (κ3) is 4.47. The Kier molecular flexibility index (Phi) is 5.28. The van der Waals surface area contributed by atoms with Crippen molar-refractivity contribution in [1.29, 1.82) is 0 Å². The molecule has 6 nitrogen and oxygen atoms in total. The normalized spacial score (nSPS) is 10.2. The summed E-state index contributed by atoms with van der Waals surface area (Å²) >= 11 is 0. The summed E-state index contributed by atoms with van der Waals surface area (Å²) in [6.45, 7) is 0.300. The summed E-state index contributed by atoms with van der Waals surface area (Å²) in [5.74, 6) is -1.40. The van der Waals surface area contributed by atoms with Crippen LogP contribution < -0.4 is 10.6 Å². The van der Waals surface area contributed by atoms with Gasteiger partial charge in [0.15, 0.2) is 0 Å². The zero-order valence-electron chi connectivity index (χ0n) is 13.6. The van der Waals surface area contributed by atoms with E-state index < -0.39 is 17.6 Å². The molecule has 0 spiro atoms. The van der Waals surface area contributed by atoms with Gasteiger partial charge in [-0.05, 0) is 42.0 Å². The van der Waals surface area contributed by atoms with Gasteiger partial charge in [0.05, 0.1) is 0 Å². The van der Waals surface area contributed by atoms with Crippen molar-refractivity contribution in [3.8, 4) is 0 Å². The van der Waals surface area contributed by atoms with E-state index in [4.69, 9.17) is 0 Å². The highest BCUT2D eigenvalue weighted by atomic mass is 19.1. The van der Waals surface area contributed by atoms with Gasteiger partial charge in [0.2, 0.25) is 0 Å². The van der Waals surface area contributed by atoms with Crippen LogP contribution in [0.1, 0.15) is 26.5 Å². The van der Waals surface area contributed by atoms with E-state index >= 15 is 0 Å². The number of halogens is 1. The molecule has 2 aromatic heterocycles. The lowest BCUT2D eigenvalue weighted by atomic mass is 10.2. The molecule has 2 amide bonds. The van der Waals surface area contributed by atoms with Gasteiger partial charge in [-0.2, -0.15) is 0 Å². The van der Waals surface area contributed by atoms with Crippen LogP contribution in [0.4, 0.5) is 10.1 Å². The lowest BCUT2D eigenvalue weighted by Gasteiger charge is -2.07. The van der Waals surface area contributed by atoms with Gasteiger partial charge in [-0.1, -0.05) is 18.2 Å². The number of carbonyl (C=O) groups excluding carboxylic acids is 2. The predicted octanol–water partition coefficient (Wildman–Crippen LogP) is 2.80. The van der Waals surface area contributed by atoms with Gasteiger partial charge in [-0.25, -0.2) is 9.37 Å². The van der Waals surface area contributed by atoms with Crippen LogP contribution >= 0.6 is 0 Å². The minimum absolute atomic E-state index is 0.0586. The summed E-state index contributed by atoms with van der Waals surface area (Å²) in [4.78, 5) is 32.5. The fraction of sp³-hybridized carbons (Fsp3) is 0.0526. The lowest BCUT2D eigenvalue weighted by molar-refractivity contribution is 0.0945. The Hall–Kier alpha value is -3.61. The number of amides is 2. The van der Waals surface area contributed by atoms with E-state index in [-0.39, 0.29) is 11.4 Å². The maximum Gasteiger partial charge on any atom is 0.274 e. The lowest BCUT2D eigenvalue weighted by Crippen LogP contribution is -2.25. The molecule has 130 valence electrons. The number of carbonyl (C=O) groups is 2. The molecular weight excluding hydrogens is 335 g/mol. The molecule has 26 heavy (non-hydrogen) atoms. The van der Waals surface area contributed by atoms with E-state index in [1.54, 1.807) is 30.6 Å². The maximum atomic E-state index is 13.2. The molecule has 0 saturated carbocycles. The van der Waals surface area contributed by atoms with Gasteiger partial charge < -0.3 is 10.6 Å². The minimum atomic E-state index is -0.530. The number of hydrogen-bond acceptors (Lipinski definition) is 4. The molecule has 3 aromatic rings. The molecule has 0 saturated heterocycles. The van der Waals surface area contributed by atoms with Crippen LogP contribution in [-0.2, 0) is 6.54 Å². The molecule has 0 aliphatic heterocycles. The summed E-state index contributed by atoms with van der Waals surface area (Å²) < 4.78 is 13.2. The Labute approximate surface area is 149 Å². The molecule has 0 unspecified atom stereocenters. The molecule has 0 radical (unpaired) electrons. The fourth-order valence-corrected chi connectivity index (χ4v) is 2.22. The summed E-state index contributed by atoms with van der Waals surface area (Å²) in [5, 5.41) is 5.26. The van der Waals surface area contributed by atoms with Crippen LogP contribution in [0.3, 0.4) is 0 Å². The number of anilines is 1. The summed E-state index contributed by atoms with van der Waals surface area (Å²) in [5.41, 5.74) is 1.33. The molecule has 1 aromatic carbocycles. The van der Waals surface area contributed by atoms with Crippen LogP contribution in [0.2, 0.25) is 0 Å². The Morgan fingerprint density at radius 3 is 2.46 bits per heavy atom. The van der Waals surface area contributed by atoms with Gasteiger partial charge in [0.1, 0.15) is 17.2 Å². The van der Waals surface area contributed by atoms with E-state index in [1.807, 2.05) is 6.07 Å². The first-order valence-electron chi connectivity index (χ1n) is 7.83. The van der Waals surface area contributed by atoms with Crippen molar-refractivity contribution in [2.75, 3.05) is 5.32 Å². The quantitative estimate of drug-likeness (QED) is 0.741. The monoisotopic (exact) mass is 350 g/mol. The second-order valence-electron chi connectivity index (χ2n) is 5.42. The van der Waals surface area contributed by atoms with Crippen molar-refractivity contribution >= 4 is 17.5 Å². The van der Waals surface area contributed by atoms with Crippen LogP contribution in [0.25, 0.3) is 0 Å². The van der Waals surface area contributed by atoms with E-state index in [0.29, 0.717) is 12.2 Å². The largest absolute Gasteiger partial charge is 0.347 e. The van der Waals surface area contributed by atoms with Crippen LogP contribution in [0.15, 0.2) is 67.0 Å². The zero-order chi connectivity index (χ0) is 18.4. The molecular formula is C19H15FN4O2. The minimum Gasteiger partial charge on any atom is -0.347 e. The number of hydrogen-bond donors (Lipinski definition) is 2. The third-order valence-electron chi connectivity index (χ3n) is 3.47. The number of pyridine rings is 2. The number of aromatic nitrogens is 2. The van der Waals surface area contributed by atoms with Crippen LogP contribution in [0.5, 0.6) is 0 Å². The maximum absolute atomic E-state index is 13.2. The van der Waals surface area contributed by atoms with Gasteiger partial charge >= 0.3 is 0 Å². The smallest absolute Gasteiger partial charge is 0.274 e. The first kappa shape index (κ1) is 17.2. The fourth-order valence-electron chi connectivity index (χ4n) is 2.22. The van der Waals surface area contributed by atoms with E-state index in [2.05, 4.69) is 20.6 Å². The van der Waals surface area contributed by atoms with Crippen molar-refractivity contribution in [1.82, 2.24) is 15.3 Å². The van der Waals surface area contributed by atoms with Crippen LogP contribution in [0, 0.1) is 5.82 Å². The molecule has 7 heteroatoms. The average Bonchev–Trinajstić information content (AvgIpc) is 2.67. The molecule has 0 fully saturated rings. The molecule has 2 heterocycles. The van der Waals surface area contributed by atoms with E-state index in [1.165, 1.54) is 30.3 Å². The average molecular weight is 350 g/mol. The van der Waals surface area contributed by atoms with Crippen LogP contribution in [-0.4, -0.2) is 21.8 Å². The van der Waals surface area contributed by atoms with Crippen molar-refractivity contribution in [2.45, 2.75) is 6.54 Å². The van der Waals surface area contributed by atoms with Crippen molar-refractivity contribution in [3.63, 3.8) is 0 Å². The first-order chi connectivity index (χ1) is 12.6. The zero-order valence-corrected chi connectivity index (χ0v) is 13.6. The van der Waals surface area contributed by atoms with E-state index in [9.17, 15) is 14.0 Å². The summed E-state index contributed by atoms with van der Waals surface area (Å²) in [6, 6.07) is 13.7. The summed E-state index contributed by atoms with van der Waals surface area (Å²) in [7, 11) is 0. The standard InChI is InChI=1S/C19H15FN4O2/c20-14-5-1-6-15(10-14)23-19(26)17-8-2-7-16(24-17)18(25)22-12-13-4-3-9-21-11-13/h1-11H,12H2,(H,22,25)(H,23,26). The number of rotatable bonds is 5. The van der Waals surface area contributed by atoms with Crippen molar-refractivity contribution in [3.05, 3.63) is 89.8 Å². The third-order valence-corrected chi connectivity index (χ3v) is 3.47. The Balaban J connectivity index is 1.67. The second kappa shape index (κ2) is 7.98. The second-order valence-corrected chi connectivity index (χ2v) is 5.42. The Morgan fingerprint density at radius 1 is 0.962 bits per heavy atom. The number of nitrogens with zero attached hydrogens (tertiary/aromatic N) is 2. The van der Waals surface area contributed by atoms with Gasteiger partial charge in [-0.15, -0.1) is 0 Å². The number of benzene rings is 1. The molecule has 3 rings (SSSR count). The van der Waals surface area contributed by atoms with Crippen molar-refractivity contribution < 1.29 is 14.0 Å². The van der Waals surface area contributed by atoms with E-state index in [0.717, 1.165) is 5.56 Å². The highest BCUT2D eigenvalue weighted by molar-refractivity contribution is 6.03. The topological polar surface area (TPSA) is 84.0 Å². The first-order valence-corrected chi connectivity index (χ1v) is 7.83. The predicted molar refractivity (Wildman–Crippen MR) is 94.0 cm³/mol. The summed E-state index contributed by atoms with van der Waals surface area (Å²) in [6.07, 6.45) is 3.30. The number of nitrogens with one attached hydrogen (secondary N) is 2. The Morgan fingerprint density at radius 2 is 1.73 bits per heavy atom. The molecule has 2 N–H and O–H groups in total. The molecule has 0 aliphatic rings. The highest BCUT2D eigenvalue weighted by Crippen LogP contribution is 2.11. The highest BCUT2D eigenvalue weighted by Gasteiger charge is 2.12.